The number of H-pyrrole nitrogens is 2. The molecule has 7 amide bonds. The summed E-state index contributed by atoms with van der Waals surface area (Å²) in [6, 6.07) is -1.48. The number of aromatic nitrogens is 12. The van der Waals surface area contributed by atoms with Gasteiger partial charge >= 0.3 is 35.5 Å². The van der Waals surface area contributed by atoms with Crippen molar-refractivity contribution < 1.29 is 38.4 Å². The van der Waals surface area contributed by atoms with Crippen LogP contribution < -0.4 is 61.0 Å². The molecule has 12 N–H and O–H groups in total. The third-order valence-corrected chi connectivity index (χ3v) is 11.7. The molecule has 35 heteroatoms. The number of carbonyl (C=O) groups excluding carboxylic acids is 8. The van der Waals surface area contributed by atoms with Gasteiger partial charge in [-0.1, -0.05) is 27.7 Å². The molecular formula is C45H59N23O12. The Labute approximate surface area is 450 Å². The van der Waals surface area contributed by atoms with E-state index in [1.54, 1.807) is 13.8 Å². The highest BCUT2D eigenvalue weighted by Gasteiger charge is 2.27. The quantitative estimate of drug-likeness (QED) is 0.0292. The normalized spacial score (nSPS) is 11.2. The number of nitrogen functional groups attached to an aromatic ring is 3. The number of amides is 7. The molecule has 0 bridgehead atoms. The summed E-state index contributed by atoms with van der Waals surface area (Å²) < 4.78 is 3.15. The van der Waals surface area contributed by atoms with Crippen molar-refractivity contribution in [3.05, 3.63) is 85.2 Å². The molecular weight excluding hydrogens is 1050 g/mol. The number of hydrogen-bond acceptors (Lipinski definition) is 22. The van der Waals surface area contributed by atoms with Crippen LogP contribution in [0.5, 0.6) is 0 Å². The SMILES string of the molecule is CC(C)NCCN(CC(=O)NCCN(CC(=O)NCCN(CC(=O)NCCN(CCC(=O)C(C)C)C(=O)n1ccc(=O)[nH]c1=O)C(=O)n1ccc(N)nc1=O)C(=O)n1cnc2c(N)ncnc21)C(=O)n1cnc2c(=O)[nH]c(N)nc21. The molecule has 0 atom stereocenters. The molecule has 0 saturated heterocycles. The highest BCUT2D eigenvalue weighted by atomic mass is 16.2. The van der Waals surface area contributed by atoms with Crippen molar-refractivity contribution in [1.82, 2.24) is 99.0 Å². The Kier molecular flexibility index (Phi) is 19.7. The predicted octanol–water partition coefficient (Wildman–Crippen LogP) is -4.44. The molecule has 6 heterocycles. The van der Waals surface area contributed by atoms with E-state index in [9.17, 15) is 57.5 Å². The number of carbonyl (C=O) groups is 8. The molecule has 35 nitrogen and oxygen atoms in total. The van der Waals surface area contributed by atoms with E-state index in [4.69, 9.17) is 17.2 Å². The first-order chi connectivity index (χ1) is 38.0. The van der Waals surface area contributed by atoms with Crippen LogP contribution in [0.3, 0.4) is 0 Å². The zero-order chi connectivity index (χ0) is 58.4. The second-order valence-corrected chi connectivity index (χ2v) is 18.2. The van der Waals surface area contributed by atoms with E-state index in [2.05, 4.69) is 56.2 Å². The predicted molar refractivity (Wildman–Crippen MR) is 283 cm³/mol. The van der Waals surface area contributed by atoms with Gasteiger partial charge in [-0.2, -0.15) is 9.97 Å². The van der Waals surface area contributed by atoms with Gasteiger partial charge in [-0.3, -0.25) is 38.7 Å². The fourth-order valence-corrected chi connectivity index (χ4v) is 7.53. The molecule has 0 aliphatic heterocycles. The Hall–Kier alpha value is -10.2. The van der Waals surface area contributed by atoms with Gasteiger partial charge in [0.25, 0.3) is 11.1 Å². The van der Waals surface area contributed by atoms with E-state index in [0.717, 1.165) is 67.3 Å². The number of imidazole rings is 2. The maximum absolute atomic E-state index is 14.2. The van der Waals surface area contributed by atoms with Gasteiger partial charge in [0.05, 0.1) is 0 Å². The van der Waals surface area contributed by atoms with Crippen molar-refractivity contribution in [2.75, 3.05) is 95.7 Å². The largest absolute Gasteiger partial charge is 0.383 e. The molecule has 0 spiro atoms. The minimum absolute atomic E-state index is 0.00215. The first kappa shape index (κ1) is 59.0. The number of ketones is 1. The van der Waals surface area contributed by atoms with Crippen LogP contribution in [0.25, 0.3) is 22.3 Å². The number of nitrogens with zero attached hydrogens (tertiary/aromatic N) is 14. The molecule has 80 heavy (non-hydrogen) atoms. The van der Waals surface area contributed by atoms with Crippen LogP contribution in [0, 0.1) is 5.92 Å². The van der Waals surface area contributed by atoms with Gasteiger partial charge in [0.15, 0.2) is 28.1 Å². The van der Waals surface area contributed by atoms with Crippen molar-refractivity contribution in [1.29, 1.82) is 0 Å². The van der Waals surface area contributed by atoms with Gasteiger partial charge in [-0.05, 0) is 6.07 Å². The van der Waals surface area contributed by atoms with Gasteiger partial charge in [0, 0.05) is 95.7 Å². The van der Waals surface area contributed by atoms with Crippen LogP contribution in [0.2, 0.25) is 0 Å². The average molecular weight is 1110 g/mol. The summed E-state index contributed by atoms with van der Waals surface area (Å²) in [6.07, 6.45) is 5.15. The monoisotopic (exact) mass is 1110 g/mol. The standard InChI is InChI=1S/C45H59N23O12/c1-25(2)27(69)5-12-61(42(77)66-14-7-29(70)58-41(66)76)15-9-50-30(71)19-62(43(78)65-13-6-28(46)57-40(65)75)17-10-51-32(73)21-64(44(79)67-23-55-33-35(47)53-22-54-36(33)67)18-11-52-31(72)20-63(16-8-49-26(3)4)45(80)68-24-56-34-37(68)59-39(48)60-38(34)74/h6-7,13-14,22-26,49H,5,8-12,15-21H2,1-4H3,(H,50,71)(H,51,73)(H,52,72)(H2,46,57,75)(H2,47,53,54)(H,58,70,76)(H3,48,59,60,74). The lowest BCUT2D eigenvalue weighted by molar-refractivity contribution is -0.123. The van der Waals surface area contributed by atoms with Gasteiger partial charge in [-0.25, -0.2) is 67.0 Å². The lowest BCUT2D eigenvalue weighted by Crippen LogP contribution is -2.51. The molecule has 0 radical (unpaired) electrons. The summed E-state index contributed by atoms with van der Waals surface area (Å²) in [7, 11) is 0. The molecule has 0 aliphatic rings. The fourth-order valence-electron chi connectivity index (χ4n) is 7.53. The van der Waals surface area contributed by atoms with Crippen LogP contribution in [0.4, 0.5) is 36.8 Å². The first-order valence-corrected chi connectivity index (χ1v) is 24.6. The Morgan fingerprint density at radius 2 is 1.09 bits per heavy atom. The smallest absolute Gasteiger partial charge is 0.357 e. The molecule has 0 fully saturated rings. The van der Waals surface area contributed by atoms with Crippen molar-refractivity contribution in [3.8, 4) is 0 Å². The minimum atomic E-state index is -1.10. The number of hydrogen-bond donors (Lipinski definition) is 9. The number of anilines is 3. The number of Topliss-reactive ketones (excluding diaryl/α,β-unsaturated/α-hetero) is 1. The lowest BCUT2D eigenvalue weighted by Gasteiger charge is -2.25. The van der Waals surface area contributed by atoms with E-state index >= 15 is 0 Å². The number of nitrogens with two attached hydrogens (primary N) is 3. The summed E-state index contributed by atoms with van der Waals surface area (Å²) in [6.45, 7) is 3.24. The summed E-state index contributed by atoms with van der Waals surface area (Å²) in [5.74, 6) is -3.43. The maximum Gasteiger partial charge on any atom is 0.357 e. The Bertz CT molecular complexity index is 3540. The van der Waals surface area contributed by atoms with Crippen molar-refractivity contribution >= 4 is 87.5 Å². The van der Waals surface area contributed by atoms with Crippen LogP contribution in [0.15, 0.2) is 62.7 Å². The number of rotatable bonds is 23. The van der Waals surface area contributed by atoms with E-state index in [-0.39, 0.29) is 116 Å². The molecule has 6 rings (SSSR count). The Morgan fingerprint density at radius 3 is 1.64 bits per heavy atom. The van der Waals surface area contributed by atoms with Gasteiger partial charge in [0.1, 0.15) is 50.2 Å². The lowest BCUT2D eigenvalue weighted by atomic mass is 10.1. The van der Waals surface area contributed by atoms with Gasteiger partial charge in [-0.15, -0.1) is 0 Å². The third-order valence-electron chi connectivity index (χ3n) is 11.7. The van der Waals surface area contributed by atoms with Crippen molar-refractivity contribution in [2.24, 2.45) is 5.92 Å². The van der Waals surface area contributed by atoms with Crippen LogP contribution in [-0.2, 0) is 19.2 Å². The van der Waals surface area contributed by atoms with Crippen molar-refractivity contribution in [2.45, 2.75) is 40.2 Å². The van der Waals surface area contributed by atoms with E-state index < -0.39 is 90.5 Å². The molecule has 0 aliphatic carbocycles. The van der Waals surface area contributed by atoms with Crippen LogP contribution in [0.1, 0.15) is 34.1 Å². The summed E-state index contributed by atoms with van der Waals surface area (Å²) in [5.41, 5.74) is 13.5. The summed E-state index contributed by atoms with van der Waals surface area (Å²) in [5, 5.41) is 10.9. The van der Waals surface area contributed by atoms with Crippen molar-refractivity contribution in [3.63, 3.8) is 0 Å². The minimum Gasteiger partial charge on any atom is -0.383 e. The summed E-state index contributed by atoms with van der Waals surface area (Å²) >= 11 is 0. The van der Waals surface area contributed by atoms with Gasteiger partial charge in [0.2, 0.25) is 23.7 Å². The number of nitrogens with one attached hydrogen (secondary N) is 6. The first-order valence-electron chi connectivity index (χ1n) is 24.6. The molecule has 0 unspecified atom stereocenters. The molecule has 6 aromatic rings. The Balaban J connectivity index is 1.14. The topological polar surface area (TPSA) is 473 Å². The summed E-state index contributed by atoms with van der Waals surface area (Å²) in [4.78, 5) is 190. The molecule has 426 valence electrons. The third kappa shape index (κ3) is 15.3. The fraction of sp³-hybridized carbons (Fsp3) is 0.422. The zero-order valence-electron chi connectivity index (χ0n) is 43.8. The van der Waals surface area contributed by atoms with E-state index in [1.807, 2.05) is 18.8 Å². The number of fused-ring (bicyclic) bond motifs is 2. The molecule has 6 aromatic heterocycles. The average Bonchev–Trinajstić information content (AvgIpc) is 4.14. The highest BCUT2D eigenvalue weighted by Crippen LogP contribution is 2.15. The van der Waals surface area contributed by atoms with Crippen LogP contribution >= 0.6 is 0 Å². The maximum atomic E-state index is 14.2. The second-order valence-electron chi connectivity index (χ2n) is 18.2. The van der Waals surface area contributed by atoms with Gasteiger partial charge < -0.3 is 58.1 Å². The molecule has 0 saturated carbocycles. The zero-order valence-corrected chi connectivity index (χ0v) is 43.8. The Morgan fingerprint density at radius 1 is 0.575 bits per heavy atom. The van der Waals surface area contributed by atoms with Crippen LogP contribution in [-0.4, -0.2) is 210 Å². The van der Waals surface area contributed by atoms with E-state index in [1.165, 1.54) is 4.90 Å². The highest BCUT2D eigenvalue weighted by molar-refractivity contribution is 5.93. The van der Waals surface area contributed by atoms with E-state index in [0.29, 0.717) is 9.13 Å². The number of aromatic amines is 2. The second kappa shape index (κ2) is 26.7. The molecule has 0 aromatic carbocycles.